The predicted molar refractivity (Wildman–Crippen MR) is 86.9 cm³/mol. The molecular weight excluding hydrogens is 351 g/mol. The van der Waals surface area contributed by atoms with E-state index in [1.807, 2.05) is 18.2 Å². The van der Waals surface area contributed by atoms with Gasteiger partial charge in [0, 0.05) is 23.9 Å². The summed E-state index contributed by atoms with van der Waals surface area (Å²) in [4.78, 5) is 30.3. The molecule has 2 aromatic rings. The van der Waals surface area contributed by atoms with Crippen LogP contribution in [0.4, 0.5) is 13.2 Å². The van der Waals surface area contributed by atoms with E-state index in [0.29, 0.717) is 11.5 Å². The summed E-state index contributed by atoms with van der Waals surface area (Å²) in [5, 5.41) is 1.67. The molecule has 9 heteroatoms. The molecule has 0 unspecified atom stereocenters. The molecule has 1 aromatic heterocycles. The van der Waals surface area contributed by atoms with Crippen molar-refractivity contribution in [3.63, 3.8) is 0 Å². The van der Waals surface area contributed by atoms with E-state index in [9.17, 15) is 22.8 Å². The van der Waals surface area contributed by atoms with Crippen LogP contribution in [-0.4, -0.2) is 40.2 Å². The van der Waals surface area contributed by atoms with Crippen molar-refractivity contribution in [2.24, 2.45) is 0 Å². The molecule has 0 saturated carbocycles. The molecule has 0 aliphatic heterocycles. The van der Waals surface area contributed by atoms with E-state index in [2.05, 4.69) is 9.97 Å². The molecule has 26 heavy (non-hydrogen) atoms. The van der Waals surface area contributed by atoms with Gasteiger partial charge in [0.2, 0.25) is 0 Å². The number of carbonyl (C=O) groups excluding carboxylic acids is 2. The first-order valence-electron chi connectivity index (χ1n) is 7.84. The molecule has 1 heterocycles. The maximum absolute atomic E-state index is 12.5. The number of rotatable bonds is 6. The van der Waals surface area contributed by atoms with Gasteiger partial charge < -0.3 is 15.0 Å². The van der Waals surface area contributed by atoms with Gasteiger partial charge in [-0.1, -0.05) is 30.3 Å². The van der Waals surface area contributed by atoms with Crippen LogP contribution in [0.5, 0.6) is 0 Å². The van der Waals surface area contributed by atoms with Crippen LogP contribution >= 0.6 is 0 Å². The summed E-state index contributed by atoms with van der Waals surface area (Å²) in [7, 11) is 0. The molecule has 6 nitrogen and oxygen atoms in total. The van der Waals surface area contributed by atoms with Crippen molar-refractivity contribution in [3.8, 4) is 11.4 Å². The molecule has 0 aliphatic rings. The summed E-state index contributed by atoms with van der Waals surface area (Å²) >= 11 is 0. The van der Waals surface area contributed by atoms with Gasteiger partial charge >= 0.3 is 18.1 Å². The number of aromatic nitrogens is 2. The van der Waals surface area contributed by atoms with Gasteiger partial charge in [-0.25, -0.2) is 9.78 Å². The van der Waals surface area contributed by atoms with Gasteiger partial charge in [0.1, 0.15) is 11.9 Å². The van der Waals surface area contributed by atoms with E-state index in [1.165, 1.54) is 6.20 Å². The molecule has 140 valence electrons. The number of esters is 1. The smallest absolute Gasteiger partial charge is 0.461 e. The number of carbonyl (C=O) groups is 2. The van der Waals surface area contributed by atoms with Crippen LogP contribution in [-0.2, 0) is 20.7 Å². The van der Waals surface area contributed by atoms with Gasteiger partial charge in [-0.3, -0.25) is 4.79 Å². The standard InChI is InChI=1S/C17H18F3N3O3/c1-10(2)26-15(24)13(23-16(25)17(18,19)20)8-12-9-21-14(22-12)11-6-4-3-5-7-11/h3-7,9-10,13H,8H2,1-2H3,(H,21,22)(H,23,25)/t13-/m0/s1. The molecule has 0 radical (unpaired) electrons. The van der Waals surface area contributed by atoms with Crippen molar-refractivity contribution in [1.82, 2.24) is 15.3 Å². The van der Waals surface area contributed by atoms with Gasteiger partial charge in [0.05, 0.1) is 6.10 Å². The minimum absolute atomic E-state index is 0.215. The van der Waals surface area contributed by atoms with Crippen molar-refractivity contribution in [3.05, 3.63) is 42.2 Å². The number of nitrogens with zero attached hydrogens (tertiary/aromatic N) is 1. The van der Waals surface area contributed by atoms with E-state index in [1.54, 1.807) is 31.3 Å². The number of amides is 1. The van der Waals surface area contributed by atoms with Gasteiger partial charge in [-0.2, -0.15) is 13.2 Å². The minimum atomic E-state index is -5.10. The van der Waals surface area contributed by atoms with Gasteiger partial charge in [0.25, 0.3) is 0 Å². The molecule has 1 amide bonds. The summed E-state index contributed by atoms with van der Waals surface area (Å²) in [5.74, 6) is -2.65. The second-order valence-corrected chi connectivity index (χ2v) is 5.84. The van der Waals surface area contributed by atoms with E-state index in [4.69, 9.17) is 4.74 Å². The number of hydrogen-bond donors (Lipinski definition) is 2. The Bertz CT molecular complexity index is 757. The Morgan fingerprint density at radius 3 is 2.46 bits per heavy atom. The number of ether oxygens (including phenoxy) is 1. The molecule has 1 aromatic carbocycles. The maximum atomic E-state index is 12.5. The van der Waals surface area contributed by atoms with Crippen molar-refractivity contribution in [1.29, 1.82) is 0 Å². The van der Waals surface area contributed by atoms with Crippen molar-refractivity contribution in [2.45, 2.75) is 38.6 Å². The van der Waals surface area contributed by atoms with Crippen molar-refractivity contribution in [2.75, 3.05) is 0 Å². The van der Waals surface area contributed by atoms with Crippen LogP contribution in [0.2, 0.25) is 0 Å². The Hall–Kier alpha value is -2.84. The Balaban J connectivity index is 2.17. The second kappa shape index (κ2) is 8.03. The zero-order chi connectivity index (χ0) is 19.3. The van der Waals surface area contributed by atoms with E-state index >= 15 is 0 Å². The highest BCUT2D eigenvalue weighted by Gasteiger charge is 2.41. The summed E-state index contributed by atoms with van der Waals surface area (Å²) in [6.07, 6.45) is -4.45. The second-order valence-electron chi connectivity index (χ2n) is 5.84. The fourth-order valence-electron chi connectivity index (χ4n) is 2.17. The number of alkyl halides is 3. The molecule has 2 N–H and O–H groups in total. The first-order valence-corrected chi connectivity index (χ1v) is 7.84. The molecule has 0 bridgehead atoms. The van der Waals surface area contributed by atoms with Crippen LogP contribution in [0, 0.1) is 0 Å². The molecular formula is C17H18F3N3O3. The van der Waals surface area contributed by atoms with Gasteiger partial charge in [-0.05, 0) is 13.8 Å². The first-order chi connectivity index (χ1) is 12.2. The predicted octanol–water partition coefficient (Wildman–Crippen LogP) is 2.62. The fourth-order valence-corrected chi connectivity index (χ4v) is 2.17. The van der Waals surface area contributed by atoms with E-state index in [-0.39, 0.29) is 6.42 Å². The monoisotopic (exact) mass is 369 g/mol. The van der Waals surface area contributed by atoms with E-state index < -0.39 is 30.2 Å². The Morgan fingerprint density at radius 1 is 1.23 bits per heavy atom. The topological polar surface area (TPSA) is 84.1 Å². The number of hydrogen-bond acceptors (Lipinski definition) is 4. The van der Waals surface area contributed by atoms with Crippen LogP contribution < -0.4 is 5.32 Å². The Morgan fingerprint density at radius 2 is 1.88 bits per heavy atom. The van der Waals surface area contributed by atoms with Crippen LogP contribution in [0.3, 0.4) is 0 Å². The zero-order valence-electron chi connectivity index (χ0n) is 14.1. The zero-order valence-corrected chi connectivity index (χ0v) is 14.1. The first kappa shape index (κ1) is 19.5. The number of benzene rings is 1. The molecule has 0 fully saturated rings. The molecule has 1 atom stereocenters. The lowest BCUT2D eigenvalue weighted by molar-refractivity contribution is -0.176. The maximum Gasteiger partial charge on any atom is 0.471 e. The third-order valence-electron chi connectivity index (χ3n) is 3.30. The average Bonchev–Trinajstić information content (AvgIpc) is 3.02. The highest BCUT2D eigenvalue weighted by molar-refractivity contribution is 5.87. The normalized spacial score (nSPS) is 12.7. The van der Waals surface area contributed by atoms with Crippen molar-refractivity contribution >= 4 is 11.9 Å². The van der Waals surface area contributed by atoms with E-state index in [0.717, 1.165) is 5.56 Å². The fraction of sp³-hybridized carbons (Fsp3) is 0.353. The van der Waals surface area contributed by atoms with Gasteiger partial charge in [0.15, 0.2) is 0 Å². The molecule has 0 spiro atoms. The number of imidazole rings is 1. The lowest BCUT2D eigenvalue weighted by Crippen LogP contribution is -2.49. The number of aromatic amines is 1. The highest BCUT2D eigenvalue weighted by atomic mass is 19.4. The minimum Gasteiger partial charge on any atom is -0.461 e. The van der Waals surface area contributed by atoms with Crippen molar-refractivity contribution < 1.29 is 27.5 Å². The number of halogens is 3. The Kier molecular flexibility index (Phi) is 6.01. The lowest BCUT2D eigenvalue weighted by Gasteiger charge is -2.19. The Labute approximate surface area is 147 Å². The van der Waals surface area contributed by atoms with Crippen LogP contribution in [0.1, 0.15) is 19.5 Å². The van der Waals surface area contributed by atoms with Gasteiger partial charge in [-0.15, -0.1) is 0 Å². The number of H-pyrrole nitrogens is 1. The largest absolute Gasteiger partial charge is 0.471 e. The van der Waals surface area contributed by atoms with Crippen LogP contribution in [0.25, 0.3) is 11.4 Å². The quantitative estimate of drug-likeness (QED) is 0.767. The summed E-state index contributed by atoms with van der Waals surface area (Å²) in [6.45, 7) is 3.12. The van der Waals surface area contributed by atoms with Crippen LogP contribution in [0.15, 0.2) is 36.5 Å². The number of nitrogens with one attached hydrogen (secondary N) is 2. The third-order valence-corrected chi connectivity index (χ3v) is 3.30. The third kappa shape index (κ3) is 5.33. The highest BCUT2D eigenvalue weighted by Crippen LogP contribution is 2.17. The summed E-state index contributed by atoms with van der Waals surface area (Å²) < 4.78 is 42.5. The molecule has 0 aliphatic carbocycles. The lowest BCUT2D eigenvalue weighted by atomic mass is 10.1. The summed E-state index contributed by atoms with van der Waals surface area (Å²) in [6, 6.07) is 7.57. The SMILES string of the molecule is CC(C)OC(=O)[C@H](Cc1cnc(-c2ccccc2)[nH]1)NC(=O)C(F)(F)F. The summed E-state index contributed by atoms with van der Waals surface area (Å²) in [5.41, 5.74) is 1.16. The molecule has 0 saturated heterocycles. The average molecular weight is 369 g/mol. The molecule has 2 rings (SSSR count).